The summed E-state index contributed by atoms with van der Waals surface area (Å²) in [6.07, 6.45) is -0.473. The Labute approximate surface area is 92.8 Å². The van der Waals surface area contributed by atoms with Crippen LogP contribution in [0.5, 0.6) is 0 Å². The summed E-state index contributed by atoms with van der Waals surface area (Å²) in [7, 11) is 0. The molecule has 1 nitrogen and oxygen atoms in total. The molecule has 1 aliphatic heterocycles. The number of hydrogen-bond donors (Lipinski definition) is 1. The van der Waals surface area contributed by atoms with Crippen molar-refractivity contribution in [1.82, 2.24) is 0 Å². The Morgan fingerprint density at radius 3 is 1.80 bits per heavy atom. The van der Waals surface area contributed by atoms with Gasteiger partial charge in [-0.25, -0.2) is 0 Å². The topological polar surface area (TPSA) is 20.2 Å². The molecule has 0 radical (unpaired) electrons. The van der Waals surface area contributed by atoms with Crippen molar-refractivity contribution in [2.45, 2.75) is 15.9 Å². The fourth-order valence-corrected chi connectivity index (χ4v) is 3.01. The first-order chi connectivity index (χ1) is 7.36. The lowest BCUT2D eigenvalue weighted by atomic mass is 10.0. The highest BCUT2D eigenvalue weighted by Crippen LogP contribution is 2.44. The molecule has 2 aromatic carbocycles. The second kappa shape index (κ2) is 3.40. The minimum atomic E-state index is -0.473. The average molecular weight is 214 g/mol. The second-order valence-electron chi connectivity index (χ2n) is 3.58. The molecule has 0 amide bonds. The molecule has 0 spiro atoms. The smallest absolute Gasteiger partial charge is 0.106 e. The maximum atomic E-state index is 10.2. The van der Waals surface area contributed by atoms with Crippen molar-refractivity contribution >= 4 is 11.8 Å². The van der Waals surface area contributed by atoms with E-state index in [-0.39, 0.29) is 0 Å². The number of hydrogen-bond acceptors (Lipinski definition) is 2. The van der Waals surface area contributed by atoms with Crippen molar-refractivity contribution < 1.29 is 5.11 Å². The quantitative estimate of drug-likeness (QED) is 0.726. The van der Waals surface area contributed by atoms with Crippen LogP contribution < -0.4 is 0 Å². The fraction of sp³-hybridized carbons (Fsp3) is 0.0769. The molecule has 2 heteroatoms. The Morgan fingerprint density at radius 2 is 1.27 bits per heavy atom. The van der Waals surface area contributed by atoms with Gasteiger partial charge in [0.15, 0.2) is 0 Å². The van der Waals surface area contributed by atoms with E-state index < -0.39 is 6.10 Å². The van der Waals surface area contributed by atoms with E-state index in [9.17, 15) is 5.11 Å². The van der Waals surface area contributed by atoms with Gasteiger partial charge in [0.2, 0.25) is 0 Å². The van der Waals surface area contributed by atoms with E-state index in [0.717, 1.165) is 20.9 Å². The maximum Gasteiger partial charge on any atom is 0.106 e. The first-order valence-corrected chi connectivity index (χ1v) is 5.71. The third kappa shape index (κ3) is 1.37. The highest BCUT2D eigenvalue weighted by atomic mass is 32.2. The molecular weight excluding hydrogens is 204 g/mol. The van der Waals surface area contributed by atoms with E-state index >= 15 is 0 Å². The Bertz CT molecular complexity index is 462. The van der Waals surface area contributed by atoms with E-state index in [1.54, 1.807) is 11.8 Å². The van der Waals surface area contributed by atoms with Gasteiger partial charge in [-0.2, -0.15) is 0 Å². The third-order valence-electron chi connectivity index (χ3n) is 2.65. The van der Waals surface area contributed by atoms with Gasteiger partial charge in [0.05, 0.1) is 0 Å². The zero-order valence-electron chi connectivity index (χ0n) is 8.05. The van der Waals surface area contributed by atoms with E-state index in [0.29, 0.717) is 0 Å². The van der Waals surface area contributed by atoms with Crippen LogP contribution >= 0.6 is 11.8 Å². The van der Waals surface area contributed by atoms with Gasteiger partial charge < -0.3 is 5.11 Å². The molecule has 0 aliphatic carbocycles. The molecule has 0 fully saturated rings. The molecule has 3 rings (SSSR count). The van der Waals surface area contributed by atoms with Crippen LogP contribution in [0.1, 0.15) is 17.2 Å². The summed E-state index contributed by atoms with van der Waals surface area (Å²) in [5, 5.41) is 10.2. The van der Waals surface area contributed by atoms with Crippen molar-refractivity contribution in [3.63, 3.8) is 0 Å². The predicted molar refractivity (Wildman–Crippen MR) is 61.1 cm³/mol. The van der Waals surface area contributed by atoms with Gasteiger partial charge >= 0.3 is 0 Å². The first kappa shape index (κ1) is 9.01. The van der Waals surface area contributed by atoms with Crippen LogP contribution in [0.25, 0.3) is 0 Å². The third-order valence-corrected chi connectivity index (χ3v) is 3.83. The number of rotatable bonds is 0. The Balaban J connectivity index is 2.20. The van der Waals surface area contributed by atoms with Crippen LogP contribution in [-0.4, -0.2) is 5.11 Å². The van der Waals surface area contributed by atoms with E-state index in [1.165, 1.54) is 0 Å². The molecule has 74 valence electrons. The van der Waals surface area contributed by atoms with E-state index in [2.05, 4.69) is 12.1 Å². The fourth-order valence-electron chi connectivity index (χ4n) is 1.88. The van der Waals surface area contributed by atoms with Gasteiger partial charge in [0.1, 0.15) is 6.10 Å². The number of aliphatic hydroxyl groups excluding tert-OH is 1. The van der Waals surface area contributed by atoms with Gasteiger partial charge in [-0.1, -0.05) is 48.2 Å². The molecule has 0 bridgehead atoms. The molecule has 0 saturated heterocycles. The molecular formula is C13H10OS. The van der Waals surface area contributed by atoms with Gasteiger partial charge in [0.25, 0.3) is 0 Å². The van der Waals surface area contributed by atoms with Crippen LogP contribution in [0.3, 0.4) is 0 Å². The van der Waals surface area contributed by atoms with Crippen molar-refractivity contribution in [3.05, 3.63) is 59.7 Å². The predicted octanol–water partition coefficient (Wildman–Crippen LogP) is 3.23. The lowest BCUT2D eigenvalue weighted by Gasteiger charge is -2.23. The Kier molecular flexibility index (Phi) is 2.04. The summed E-state index contributed by atoms with van der Waals surface area (Å²) in [5.74, 6) is 0. The Hall–Kier alpha value is -1.25. The minimum absolute atomic E-state index is 0.473. The summed E-state index contributed by atoms with van der Waals surface area (Å²) in [6.45, 7) is 0. The molecule has 1 heterocycles. The second-order valence-corrected chi connectivity index (χ2v) is 4.66. The lowest BCUT2D eigenvalue weighted by molar-refractivity contribution is 0.213. The largest absolute Gasteiger partial charge is 0.384 e. The van der Waals surface area contributed by atoms with E-state index in [4.69, 9.17) is 0 Å². The number of benzene rings is 2. The molecule has 1 aliphatic rings. The molecule has 1 N–H and O–H groups in total. The van der Waals surface area contributed by atoms with Crippen molar-refractivity contribution in [2.24, 2.45) is 0 Å². The summed E-state index contributed by atoms with van der Waals surface area (Å²) >= 11 is 1.73. The molecule has 0 aromatic heterocycles. The molecule has 0 saturated carbocycles. The van der Waals surface area contributed by atoms with Crippen LogP contribution in [0.4, 0.5) is 0 Å². The van der Waals surface area contributed by atoms with Gasteiger partial charge in [-0.3, -0.25) is 0 Å². The van der Waals surface area contributed by atoms with Gasteiger partial charge in [0, 0.05) is 9.79 Å². The zero-order valence-corrected chi connectivity index (χ0v) is 8.87. The number of fused-ring (bicyclic) bond motifs is 2. The van der Waals surface area contributed by atoms with Crippen molar-refractivity contribution in [2.75, 3.05) is 0 Å². The molecule has 2 aromatic rings. The summed E-state index contributed by atoms with van der Waals surface area (Å²) in [6, 6.07) is 16.0. The van der Waals surface area contributed by atoms with Crippen molar-refractivity contribution in [3.8, 4) is 0 Å². The normalized spacial score (nSPS) is 14.5. The molecule has 15 heavy (non-hydrogen) atoms. The zero-order chi connectivity index (χ0) is 10.3. The first-order valence-electron chi connectivity index (χ1n) is 4.90. The highest BCUT2D eigenvalue weighted by Gasteiger charge is 2.23. The van der Waals surface area contributed by atoms with E-state index in [1.807, 2.05) is 36.4 Å². The van der Waals surface area contributed by atoms with Crippen molar-refractivity contribution in [1.29, 1.82) is 0 Å². The monoisotopic (exact) mass is 214 g/mol. The SMILES string of the molecule is OC1c2ccccc2Sc2ccccc21. The molecule has 0 unspecified atom stereocenters. The standard InChI is InChI=1S/C13H10OS/c14-13-9-5-1-3-7-11(9)15-12-8-4-2-6-10(12)13/h1-8,13-14H. The van der Waals surface area contributed by atoms with Gasteiger partial charge in [-0.05, 0) is 23.3 Å². The van der Waals surface area contributed by atoms with Crippen LogP contribution in [0.15, 0.2) is 58.3 Å². The number of aliphatic hydroxyl groups is 1. The van der Waals surface area contributed by atoms with Gasteiger partial charge in [-0.15, -0.1) is 0 Å². The van der Waals surface area contributed by atoms with Crippen LogP contribution in [-0.2, 0) is 0 Å². The lowest BCUT2D eigenvalue weighted by Crippen LogP contribution is -2.06. The minimum Gasteiger partial charge on any atom is -0.384 e. The Morgan fingerprint density at radius 1 is 0.800 bits per heavy atom. The summed E-state index contributed by atoms with van der Waals surface area (Å²) < 4.78 is 0. The maximum absolute atomic E-state index is 10.2. The summed E-state index contributed by atoms with van der Waals surface area (Å²) in [4.78, 5) is 2.31. The average Bonchev–Trinajstić information content (AvgIpc) is 2.30. The van der Waals surface area contributed by atoms with Crippen LogP contribution in [0.2, 0.25) is 0 Å². The summed E-state index contributed by atoms with van der Waals surface area (Å²) in [5.41, 5.74) is 2.03. The molecule has 0 atom stereocenters. The highest BCUT2D eigenvalue weighted by molar-refractivity contribution is 7.99. The van der Waals surface area contributed by atoms with Crippen LogP contribution in [0, 0.1) is 0 Å².